The Bertz CT molecular complexity index is 120. The second-order valence-corrected chi connectivity index (χ2v) is 4.20. The molecule has 86 valence electrons. The van der Waals surface area contributed by atoms with E-state index >= 15 is 0 Å². The topological polar surface area (TPSA) is 13.1 Å². The molecule has 0 N–H and O–H groups in total. The Kier molecular flexibility index (Phi) is 21.3. The van der Waals surface area contributed by atoms with Gasteiger partial charge in [-0.3, -0.25) is 0 Å². The van der Waals surface area contributed by atoms with Crippen molar-refractivity contribution in [3.05, 3.63) is 24.7 Å². The quantitative estimate of drug-likeness (QED) is 0.544. The molecule has 14 heavy (non-hydrogen) atoms. The van der Waals surface area contributed by atoms with Gasteiger partial charge in [-0.2, -0.15) is 0 Å². The van der Waals surface area contributed by atoms with Gasteiger partial charge in [-0.1, -0.05) is 27.7 Å². The maximum Gasteiger partial charge on any atom is 0.112 e. The third kappa shape index (κ3) is 59.2. The Morgan fingerprint density at radius 2 is 1.07 bits per heavy atom. The van der Waals surface area contributed by atoms with Gasteiger partial charge in [0.2, 0.25) is 0 Å². The fraction of sp³-hybridized carbons (Fsp3) is 0.636. The minimum atomic E-state index is -0.556. The van der Waals surface area contributed by atoms with Crippen molar-refractivity contribution in [2.75, 3.05) is 0 Å². The first-order valence-corrected chi connectivity index (χ1v) is 5.61. The standard InChI is InChI=1S/C4H4O.C3H6Cl2.2C2H6/c1-2-4-5-3-1;1-3(2,4)5;2*1-2/h1-4H;1-2H3;2*1-2H3. The molecule has 0 fully saturated rings. The maximum atomic E-state index is 5.30. The predicted molar refractivity (Wildman–Crippen MR) is 67.2 cm³/mol. The first-order chi connectivity index (χ1) is 6.50. The maximum absolute atomic E-state index is 5.30. The van der Waals surface area contributed by atoms with Crippen LogP contribution in [0.25, 0.3) is 0 Å². The molecule has 0 bridgehead atoms. The first-order valence-electron chi connectivity index (χ1n) is 4.85. The van der Waals surface area contributed by atoms with E-state index in [0.717, 1.165) is 0 Å². The van der Waals surface area contributed by atoms with Crippen molar-refractivity contribution in [2.45, 2.75) is 45.9 Å². The minimum Gasteiger partial charge on any atom is -0.473 e. The molecule has 0 saturated heterocycles. The summed E-state index contributed by atoms with van der Waals surface area (Å²) in [6.45, 7) is 11.4. The monoisotopic (exact) mass is 240 g/mol. The summed E-state index contributed by atoms with van der Waals surface area (Å²) in [5.41, 5.74) is 0. The normalized spacial score (nSPS) is 8.00. The van der Waals surface area contributed by atoms with Crippen LogP contribution in [0.4, 0.5) is 0 Å². The fourth-order valence-corrected chi connectivity index (χ4v) is 0.227. The molecule has 3 heteroatoms. The molecule has 0 radical (unpaired) electrons. The Balaban J connectivity index is -0.000000128. The van der Waals surface area contributed by atoms with Gasteiger partial charge in [0.25, 0.3) is 0 Å². The van der Waals surface area contributed by atoms with Gasteiger partial charge in [0.15, 0.2) is 0 Å². The molecule has 0 aliphatic carbocycles. The lowest BCUT2D eigenvalue weighted by Gasteiger charge is -1.98. The summed E-state index contributed by atoms with van der Waals surface area (Å²) in [5, 5.41) is 0. The van der Waals surface area contributed by atoms with E-state index in [1.54, 1.807) is 26.4 Å². The molecule has 0 aliphatic rings. The molecule has 1 nitrogen and oxygen atoms in total. The average Bonchev–Trinajstić information content (AvgIpc) is 2.64. The molecule has 0 unspecified atom stereocenters. The van der Waals surface area contributed by atoms with E-state index in [1.165, 1.54) is 0 Å². The molecule has 0 spiro atoms. The SMILES string of the molecule is CC.CC.CC(C)(Cl)Cl.c1ccoc1. The first kappa shape index (κ1) is 19.4. The highest BCUT2D eigenvalue weighted by molar-refractivity contribution is 6.47. The van der Waals surface area contributed by atoms with Crippen molar-refractivity contribution in [2.24, 2.45) is 0 Å². The molecule has 1 aromatic rings. The predicted octanol–water partition coefficient (Wildman–Crippen LogP) is 5.53. The highest BCUT2D eigenvalue weighted by Gasteiger charge is 2.03. The van der Waals surface area contributed by atoms with Crippen LogP contribution in [0.15, 0.2) is 29.1 Å². The number of hydrogen-bond donors (Lipinski definition) is 0. The number of alkyl halides is 2. The molecule has 0 saturated carbocycles. The molecule has 0 atom stereocenters. The summed E-state index contributed by atoms with van der Waals surface area (Å²) in [4.78, 5) is 0. The van der Waals surface area contributed by atoms with Crippen LogP contribution in [0.2, 0.25) is 0 Å². The van der Waals surface area contributed by atoms with Crippen molar-refractivity contribution in [1.29, 1.82) is 0 Å². The van der Waals surface area contributed by atoms with Gasteiger partial charge in [-0.25, -0.2) is 0 Å². The zero-order valence-electron chi connectivity index (χ0n) is 9.97. The van der Waals surface area contributed by atoms with E-state index < -0.39 is 4.33 Å². The zero-order valence-corrected chi connectivity index (χ0v) is 11.5. The number of rotatable bonds is 0. The Morgan fingerprint density at radius 1 is 0.857 bits per heavy atom. The summed E-state index contributed by atoms with van der Waals surface area (Å²) < 4.78 is 4.03. The lowest BCUT2D eigenvalue weighted by molar-refractivity contribution is 0.567. The van der Waals surface area contributed by atoms with Crippen molar-refractivity contribution >= 4 is 23.2 Å². The van der Waals surface area contributed by atoms with Crippen LogP contribution >= 0.6 is 23.2 Å². The van der Waals surface area contributed by atoms with E-state index in [0.29, 0.717) is 0 Å². The van der Waals surface area contributed by atoms with Crippen LogP contribution in [0.1, 0.15) is 41.5 Å². The van der Waals surface area contributed by atoms with Gasteiger partial charge >= 0.3 is 0 Å². The zero-order chi connectivity index (χ0) is 12.0. The van der Waals surface area contributed by atoms with E-state index in [2.05, 4.69) is 4.42 Å². The summed E-state index contributed by atoms with van der Waals surface area (Å²) in [5.74, 6) is 0. The van der Waals surface area contributed by atoms with Crippen molar-refractivity contribution in [3.63, 3.8) is 0 Å². The minimum absolute atomic E-state index is 0.556. The van der Waals surface area contributed by atoms with Gasteiger partial charge in [0.05, 0.1) is 12.5 Å². The smallest absolute Gasteiger partial charge is 0.112 e. The summed E-state index contributed by atoms with van der Waals surface area (Å²) in [7, 11) is 0. The highest BCUT2D eigenvalue weighted by Crippen LogP contribution is 2.16. The average molecular weight is 241 g/mol. The van der Waals surface area contributed by atoms with Crippen LogP contribution in [0, 0.1) is 0 Å². The van der Waals surface area contributed by atoms with E-state index in [4.69, 9.17) is 23.2 Å². The van der Waals surface area contributed by atoms with Crippen molar-refractivity contribution < 1.29 is 4.42 Å². The van der Waals surface area contributed by atoms with E-state index in [-0.39, 0.29) is 0 Å². The highest BCUT2D eigenvalue weighted by atomic mass is 35.5. The Labute approximate surface area is 98.4 Å². The second kappa shape index (κ2) is 15.3. The van der Waals surface area contributed by atoms with Crippen LogP contribution in [0.3, 0.4) is 0 Å². The Hall–Kier alpha value is -0.140. The lowest BCUT2D eigenvalue weighted by atomic mass is 10.6. The summed E-state index contributed by atoms with van der Waals surface area (Å²) in [6.07, 6.45) is 3.25. The van der Waals surface area contributed by atoms with Gasteiger partial charge in [-0.05, 0) is 26.0 Å². The number of halogens is 2. The molecule has 1 heterocycles. The van der Waals surface area contributed by atoms with E-state index in [9.17, 15) is 0 Å². The Morgan fingerprint density at radius 3 is 1.14 bits per heavy atom. The van der Waals surface area contributed by atoms with E-state index in [1.807, 2.05) is 39.8 Å². The summed E-state index contributed by atoms with van der Waals surface area (Å²) >= 11 is 10.6. The molecular formula is C11H22Cl2O. The molecule has 1 aromatic heterocycles. The van der Waals surface area contributed by atoms with Gasteiger partial charge in [-0.15, -0.1) is 23.2 Å². The molecule has 0 aromatic carbocycles. The van der Waals surface area contributed by atoms with Gasteiger partial charge in [0.1, 0.15) is 4.33 Å². The van der Waals surface area contributed by atoms with Crippen LogP contribution in [-0.4, -0.2) is 4.33 Å². The number of hydrogen-bond acceptors (Lipinski definition) is 1. The van der Waals surface area contributed by atoms with Crippen molar-refractivity contribution in [3.8, 4) is 0 Å². The van der Waals surface area contributed by atoms with Gasteiger partial charge < -0.3 is 4.42 Å². The fourth-order valence-electron chi connectivity index (χ4n) is 0.227. The van der Waals surface area contributed by atoms with Crippen LogP contribution < -0.4 is 0 Å². The molecule has 0 amide bonds. The third-order valence-electron chi connectivity index (χ3n) is 0.425. The van der Waals surface area contributed by atoms with Crippen LogP contribution in [0.5, 0.6) is 0 Å². The molecule has 1 rings (SSSR count). The second-order valence-electron chi connectivity index (χ2n) is 2.12. The third-order valence-corrected chi connectivity index (χ3v) is 0.425. The number of furan rings is 1. The van der Waals surface area contributed by atoms with Gasteiger partial charge in [0, 0.05) is 0 Å². The lowest BCUT2D eigenvalue weighted by Crippen LogP contribution is -1.93. The van der Waals surface area contributed by atoms with Crippen LogP contribution in [-0.2, 0) is 0 Å². The molecular weight excluding hydrogens is 219 g/mol. The summed E-state index contributed by atoms with van der Waals surface area (Å²) in [6, 6.07) is 3.67. The van der Waals surface area contributed by atoms with Crippen molar-refractivity contribution in [1.82, 2.24) is 0 Å². The molecule has 0 aliphatic heterocycles. The largest absolute Gasteiger partial charge is 0.473 e.